The number of benzene rings is 1. The summed E-state index contributed by atoms with van der Waals surface area (Å²) in [6.07, 6.45) is 1.88. The molecule has 13 nitrogen and oxygen atoms in total. The van der Waals surface area contributed by atoms with Crippen molar-refractivity contribution in [3.63, 3.8) is 0 Å². The molecule has 1 aromatic rings. The minimum absolute atomic E-state index is 0.0920. The Morgan fingerprint density at radius 1 is 1.03 bits per heavy atom. The van der Waals surface area contributed by atoms with Crippen LogP contribution in [0.2, 0.25) is 0 Å². The van der Waals surface area contributed by atoms with E-state index in [1.54, 1.807) is 38.1 Å². The zero-order valence-corrected chi connectivity index (χ0v) is 18.6. The van der Waals surface area contributed by atoms with Crippen molar-refractivity contribution in [2.75, 3.05) is 6.54 Å². The van der Waals surface area contributed by atoms with Gasteiger partial charge in [-0.2, -0.15) is 0 Å². The zero-order chi connectivity index (χ0) is 25.8. The van der Waals surface area contributed by atoms with Crippen molar-refractivity contribution in [3.05, 3.63) is 35.9 Å². The highest BCUT2D eigenvalue weighted by Crippen LogP contribution is 2.13. The van der Waals surface area contributed by atoms with Crippen LogP contribution in [0.3, 0.4) is 0 Å². The van der Waals surface area contributed by atoms with Gasteiger partial charge in [0.25, 0.3) is 0 Å². The number of rotatable bonds is 12. The lowest BCUT2D eigenvalue weighted by Gasteiger charge is -2.22. The van der Waals surface area contributed by atoms with E-state index in [-0.39, 0.29) is 5.96 Å². The van der Waals surface area contributed by atoms with E-state index in [0.717, 1.165) is 0 Å². The molecule has 9 N–H and O–H groups in total. The van der Waals surface area contributed by atoms with E-state index in [1.165, 1.54) is 12.2 Å². The summed E-state index contributed by atoms with van der Waals surface area (Å²) in [6, 6.07) is 3.80. The van der Waals surface area contributed by atoms with Gasteiger partial charge >= 0.3 is 11.9 Å². The monoisotopic (exact) mass is 476 g/mol. The third kappa shape index (κ3) is 10.3. The first-order chi connectivity index (χ1) is 15.9. The number of hydrogen-bond donors (Lipinski definition) is 7. The number of amides is 3. The summed E-state index contributed by atoms with van der Waals surface area (Å²) in [6.45, 7) is 2.58. The van der Waals surface area contributed by atoms with Gasteiger partial charge < -0.3 is 37.6 Å². The van der Waals surface area contributed by atoms with Crippen LogP contribution in [0.15, 0.2) is 35.3 Å². The molecule has 0 radical (unpaired) electrons. The van der Waals surface area contributed by atoms with Crippen LogP contribution in [0.5, 0.6) is 0 Å². The summed E-state index contributed by atoms with van der Waals surface area (Å²) in [4.78, 5) is 62.6. The summed E-state index contributed by atoms with van der Waals surface area (Å²) in [5, 5.41) is 24.9. The fraction of sp³-hybridized carbons (Fsp3) is 0.333. The van der Waals surface area contributed by atoms with Crippen molar-refractivity contribution >= 4 is 47.4 Å². The Kier molecular flexibility index (Phi) is 10.7. The Hall–Kier alpha value is -4.42. The third-order valence-corrected chi connectivity index (χ3v) is 4.26. The summed E-state index contributed by atoms with van der Waals surface area (Å²) in [5.74, 6) is -5.66. The van der Waals surface area contributed by atoms with Crippen LogP contribution < -0.4 is 27.4 Å². The molecule has 34 heavy (non-hydrogen) atoms. The van der Waals surface area contributed by atoms with E-state index < -0.39 is 60.6 Å². The lowest BCUT2D eigenvalue weighted by molar-refractivity contribution is -0.144. The number of nitrogens with zero attached hydrogens (tertiary/aromatic N) is 1. The molecular formula is C21H28N6O7. The van der Waals surface area contributed by atoms with Crippen LogP contribution in [-0.4, -0.2) is 64.5 Å². The van der Waals surface area contributed by atoms with Gasteiger partial charge in [0.2, 0.25) is 17.7 Å². The van der Waals surface area contributed by atoms with Crippen molar-refractivity contribution in [1.29, 1.82) is 0 Å². The molecule has 184 valence electrons. The van der Waals surface area contributed by atoms with Gasteiger partial charge in [-0.1, -0.05) is 26.0 Å². The van der Waals surface area contributed by atoms with Crippen LogP contribution >= 0.6 is 0 Å². The van der Waals surface area contributed by atoms with Gasteiger partial charge in [0, 0.05) is 6.08 Å². The summed E-state index contributed by atoms with van der Waals surface area (Å²) in [5.41, 5.74) is 11.8. The second-order valence-electron chi connectivity index (χ2n) is 7.47. The molecule has 0 bridgehead atoms. The fourth-order valence-electron chi connectivity index (χ4n) is 2.60. The minimum atomic E-state index is -1.53. The molecule has 0 aliphatic carbocycles. The van der Waals surface area contributed by atoms with E-state index in [0.29, 0.717) is 11.3 Å². The Bertz CT molecular complexity index is 968. The van der Waals surface area contributed by atoms with Gasteiger partial charge in [0.1, 0.15) is 12.1 Å². The van der Waals surface area contributed by atoms with Crippen LogP contribution in [0, 0.1) is 5.92 Å². The van der Waals surface area contributed by atoms with Crippen LogP contribution in [0.4, 0.5) is 5.69 Å². The van der Waals surface area contributed by atoms with Gasteiger partial charge in [-0.3, -0.25) is 19.2 Å². The zero-order valence-electron chi connectivity index (χ0n) is 18.6. The van der Waals surface area contributed by atoms with E-state index in [9.17, 15) is 29.1 Å². The molecule has 0 saturated heterocycles. The van der Waals surface area contributed by atoms with Gasteiger partial charge in [-0.25, -0.2) is 9.79 Å². The van der Waals surface area contributed by atoms with E-state index in [4.69, 9.17) is 16.6 Å². The predicted octanol–water partition coefficient (Wildman–Crippen LogP) is -1.09. The molecule has 2 atom stereocenters. The average Bonchev–Trinajstić information content (AvgIpc) is 2.73. The van der Waals surface area contributed by atoms with Crippen LogP contribution in [0.1, 0.15) is 25.8 Å². The third-order valence-electron chi connectivity index (χ3n) is 4.26. The molecule has 0 unspecified atom stereocenters. The highest BCUT2D eigenvalue weighted by atomic mass is 16.4. The quantitative estimate of drug-likeness (QED) is 0.110. The SMILES string of the molecule is CC(C)[C@H](NC(=O)[C@H](CC(=O)O)NC(=O)CNC(=O)C=Cc1ccc(N=C(N)N)cc1)C(=O)O. The highest BCUT2D eigenvalue weighted by molar-refractivity contribution is 5.96. The van der Waals surface area contributed by atoms with Crippen LogP contribution in [0.25, 0.3) is 6.08 Å². The molecule has 0 aliphatic heterocycles. The summed E-state index contributed by atoms with van der Waals surface area (Å²) >= 11 is 0. The maximum atomic E-state index is 12.3. The van der Waals surface area contributed by atoms with Gasteiger partial charge in [-0.15, -0.1) is 0 Å². The number of carbonyl (C=O) groups excluding carboxylic acids is 3. The van der Waals surface area contributed by atoms with Crippen molar-refractivity contribution in [2.45, 2.75) is 32.4 Å². The van der Waals surface area contributed by atoms with Crippen molar-refractivity contribution < 1.29 is 34.2 Å². The number of nitrogens with one attached hydrogen (secondary N) is 3. The molecule has 1 aromatic carbocycles. The number of guanidine groups is 1. The number of aliphatic carboxylic acids is 2. The molecule has 0 aromatic heterocycles. The van der Waals surface area contributed by atoms with E-state index >= 15 is 0 Å². The van der Waals surface area contributed by atoms with Crippen molar-refractivity contribution in [3.8, 4) is 0 Å². The largest absolute Gasteiger partial charge is 0.481 e. The standard InChI is InChI=1S/C21H28N6O7/c1-11(2)18(20(33)34)27-19(32)14(9-17(30)31)26-16(29)10-24-15(28)8-5-12-3-6-13(7-4-12)25-21(22)23/h3-8,11,14,18H,9-10H2,1-2H3,(H,24,28)(H,26,29)(H,27,32)(H,30,31)(H,33,34)(H4,22,23,25)/t14-,18-/m0/s1. The predicted molar refractivity (Wildman–Crippen MR) is 123 cm³/mol. The molecular weight excluding hydrogens is 448 g/mol. The molecule has 0 aliphatic rings. The second kappa shape index (κ2) is 13.2. The molecule has 1 rings (SSSR count). The molecule has 0 fully saturated rings. The van der Waals surface area contributed by atoms with Gasteiger partial charge in [0.05, 0.1) is 18.7 Å². The Balaban J connectivity index is 2.66. The molecule has 0 saturated carbocycles. The maximum absolute atomic E-state index is 12.3. The smallest absolute Gasteiger partial charge is 0.326 e. The first-order valence-electron chi connectivity index (χ1n) is 10.1. The Morgan fingerprint density at radius 2 is 1.65 bits per heavy atom. The van der Waals surface area contributed by atoms with Crippen LogP contribution in [-0.2, 0) is 24.0 Å². The number of carbonyl (C=O) groups is 5. The average molecular weight is 476 g/mol. The number of carboxylic acid groups (broad SMARTS) is 2. The number of aliphatic imine (C=N–C) groups is 1. The summed E-state index contributed by atoms with van der Waals surface area (Å²) < 4.78 is 0. The highest BCUT2D eigenvalue weighted by Gasteiger charge is 2.29. The van der Waals surface area contributed by atoms with Gasteiger partial charge in [-0.05, 0) is 29.7 Å². The van der Waals surface area contributed by atoms with Crippen molar-refractivity contribution in [2.24, 2.45) is 22.4 Å². The Morgan fingerprint density at radius 3 is 2.15 bits per heavy atom. The molecule has 0 spiro atoms. The van der Waals surface area contributed by atoms with E-state index in [1.807, 2.05) is 0 Å². The van der Waals surface area contributed by atoms with Gasteiger partial charge in [0.15, 0.2) is 5.96 Å². The topological polar surface area (TPSA) is 226 Å². The molecule has 0 heterocycles. The molecule has 13 heteroatoms. The number of hydrogen-bond acceptors (Lipinski definition) is 6. The number of carboxylic acids is 2. The maximum Gasteiger partial charge on any atom is 0.326 e. The minimum Gasteiger partial charge on any atom is -0.481 e. The van der Waals surface area contributed by atoms with Crippen molar-refractivity contribution in [1.82, 2.24) is 16.0 Å². The lowest BCUT2D eigenvalue weighted by Crippen LogP contribution is -2.54. The fourth-order valence-corrected chi connectivity index (χ4v) is 2.60. The first-order valence-corrected chi connectivity index (χ1v) is 10.1. The lowest BCUT2D eigenvalue weighted by atomic mass is 10.0. The summed E-state index contributed by atoms with van der Waals surface area (Å²) in [7, 11) is 0. The second-order valence-corrected chi connectivity index (χ2v) is 7.47. The number of nitrogens with two attached hydrogens (primary N) is 2. The Labute approximate surface area is 195 Å². The normalized spacial score (nSPS) is 12.4. The first kappa shape index (κ1) is 27.6. The van der Waals surface area contributed by atoms with E-state index in [2.05, 4.69) is 20.9 Å². The molecule has 3 amide bonds.